The van der Waals surface area contributed by atoms with Crippen LogP contribution < -0.4 is 14.2 Å². The molecule has 0 saturated carbocycles. The van der Waals surface area contributed by atoms with Gasteiger partial charge >= 0.3 is 0 Å². The van der Waals surface area contributed by atoms with Gasteiger partial charge < -0.3 is 14.2 Å². The lowest BCUT2D eigenvalue weighted by Crippen LogP contribution is -2.15. The molecule has 0 atom stereocenters. The molecule has 0 aliphatic carbocycles. The van der Waals surface area contributed by atoms with Crippen molar-refractivity contribution in [3.8, 4) is 28.5 Å². The highest BCUT2D eigenvalue weighted by Gasteiger charge is 2.13. The molecule has 0 amide bonds. The van der Waals surface area contributed by atoms with Gasteiger partial charge in [-0.15, -0.1) is 0 Å². The lowest BCUT2D eigenvalue weighted by Gasteiger charge is -2.18. The maximum atomic E-state index is 5.64. The van der Waals surface area contributed by atoms with Crippen molar-refractivity contribution < 1.29 is 14.2 Å². The minimum Gasteiger partial charge on any atom is -0.497 e. The van der Waals surface area contributed by atoms with E-state index in [-0.39, 0.29) is 0 Å². The van der Waals surface area contributed by atoms with Crippen LogP contribution in [0.25, 0.3) is 22.0 Å². The van der Waals surface area contributed by atoms with Crippen LogP contribution in [0, 0.1) is 0 Å². The number of rotatable bonds is 2. The van der Waals surface area contributed by atoms with Gasteiger partial charge in [-0.25, -0.2) is 0 Å². The van der Waals surface area contributed by atoms with Gasteiger partial charge in [-0.05, 0) is 47.9 Å². The quantitative estimate of drug-likeness (QED) is 0.722. The highest BCUT2D eigenvalue weighted by atomic mass is 16.6. The average molecular weight is 293 g/mol. The van der Waals surface area contributed by atoms with E-state index < -0.39 is 0 Å². The molecule has 1 aliphatic rings. The fourth-order valence-electron chi connectivity index (χ4n) is 2.61. The summed E-state index contributed by atoms with van der Waals surface area (Å²) in [4.78, 5) is 4.54. The number of benzene rings is 2. The first-order valence-electron chi connectivity index (χ1n) is 7.17. The van der Waals surface area contributed by atoms with Crippen LogP contribution in [0.15, 0.2) is 48.7 Å². The van der Waals surface area contributed by atoms with Gasteiger partial charge in [-0.3, -0.25) is 4.98 Å². The second kappa shape index (κ2) is 5.22. The molecule has 4 nitrogen and oxygen atoms in total. The number of pyridine rings is 1. The molecule has 0 unspecified atom stereocenters. The van der Waals surface area contributed by atoms with E-state index in [2.05, 4.69) is 11.1 Å². The zero-order chi connectivity index (χ0) is 14.9. The second-order valence-corrected chi connectivity index (χ2v) is 5.14. The summed E-state index contributed by atoms with van der Waals surface area (Å²) in [7, 11) is 1.67. The average Bonchev–Trinajstić information content (AvgIpc) is 2.60. The van der Waals surface area contributed by atoms with Crippen molar-refractivity contribution in [1.29, 1.82) is 0 Å². The molecule has 1 aliphatic heterocycles. The van der Waals surface area contributed by atoms with Gasteiger partial charge in [0.15, 0.2) is 11.5 Å². The van der Waals surface area contributed by atoms with Crippen molar-refractivity contribution in [2.45, 2.75) is 0 Å². The molecule has 0 saturated heterocycles. The molecule has 3 aromatic rings. The van der Waals surface area contributed by atoms with Gasteiger partial charge in [0.25, 0.3) is 0 Å². The van der Waals surface area contributed by atoms with E-state index in [0.717, 1.165) is 39.3 Å². The largest absolute Gasteiger partial charge is 0.497 e. The van der Waals surface area contributed by atoms with E-state index in [1.54, 1.807) is 7.11 Å². The fourth-order valence-corrected chi connectivity index (χ4v) is 2.61. The van der Waals surface area contributed by atoms with Gasteiger partial charge in [0.1, 0.15) is 19.0 Å². The summed E-state index contributed by atoms with van der Waals surface area (Å²) in [5, 5.41) is 2.18. The number of fused-ring (bicyclic) bond motifs is 2. The van der Waals surface area contributed by atoms with E-state index in [4.69, 9.17) is 14.2 Å². The van der Waals surface area contributed by atoms with E-state index >= 15 is 0 Å². The Morgan fingerprint density at radius 1 is 0.909 bits per heavy atom. The predicted octanol–water partition coefficient (Wildman–Crippen LogP) is 3.68. The molecule has 0 bridgehead atoms. The predicted molar refractivity (Wildman–Crippen MR) is 84.7 cm³/mol. The van der Waals surface area contributed by atoms with Gasteiger partial charge in [0, 0.05) is 17.1 Å². The van der Waals surface area contributed by atoms with Gasteiger partial charge in [-0.1, -0.05) is 0 Å². The molecular weight excluding hydrogens is 278 g/mol. The monoisotopic (exact) mass is 293 g/mol. The first kappa shape index (κ1) is 13.0. The Labute approximate surface area is 128 Å². The van der Waals surface area contributed by atoms with Crippen molar-refractivity contribution in [2.24, 2.45) is 0 Å². The Balaban J connectivity index is 1.79. The molecule has 2 aromatic carbocycles. The number of ether oxygens (including phenoxy) is 3. The minimum absolute atomic E-state index is 0.582. The van der Waals surface area contributed by atoms with Crippen LogP contribution in [-0.2, 0) is 0 Å². The van der Waals surface area contributed by atoms with Crippen LogP contribution in [0.4, 0.5) is 0 Å². The highest BCUT2D eigenvalue weighted by Crippen LogP contribution is 2.34. The normalized spacial score (nSPS) is 13.1. The smallest absolute Gasteiger partial charge is 0.162 e. The summed E-state index contributed by atoms with van der Waals surface area (Å²) in [6.45, 7) is 1.18. The van der Waals surface area contributed by atoms with Crippen molar-refractivity contribution in [3.63, 3.8) is 0 Å². The summed E-state index contributed by atoms with van der Waals surface area (Å²) in [5.41, 5.74) is 1.91. The number of aromatic nitrogens is 1. The maximum Gasteiger partial charge on any atom is 0.162 e. The van der Waals surface area contributed by atoms with Crippen LogP contribution in [0.3, 0.4) is 0 Å². The number of hydrogen-bond acceptors (Lipinski definition) is 4. The van der Waals surface area contributed by atoms with E-state index in [1.165, 1.54) is 0 Å². The van der Waals surface area contributed by atoms with E-state index in [1.807, 2.05) is 42.6 Å². The number of methoxy groups -OCH3 is 1. The summed E-state index contributed by atoms with van der Waals surface area (Å²) < 4.78 is 16.5. The topological polar surface area (TPSA) is 40.6 Å². The minimum atomic E-state index is 0.582. The zero-order valence-corrected chi connectivity index (χ0v) is 12.2. The molecule has 0 radical (unpaired) electrons. The molecule has 2 heterocycles. The molecule has 22 heavy (non-hydrogen) atoms. The van der Waals surface area contributed by atoms with Crippen LogP contribution in [-0.4, -0.2) is 25.3 Å². The third-order valence-electron chi connectivity index (χ3n) is 3.77. The van der Waals surface area contributed by atoms with Gasteiger partial charge in [0.2, 0.25) is 0 Å². The van der Waals surface area contributed by atoms with Crippen LogP contribution in [0.1, 0.15) is 0 Å². The molecule has 1 aromatic heterocycles. The standard InChI is InChI=1S/C18H15NO3/c1-20-15-4-2-13-11-19-16(9-14(13)8-15)12-3-5-17-18(10-12)22-7-6-21-17/h2-5,8-11H,6-7H2,1H3. The van der Waals surface area contributed by atoms with Crippen LogP contribution in [0.5, 0.6) is 17.2 Å². The van der Waals surface area contributed by atoms with Gasteiger partial charge in [0.05, 0.1) is 12.8 Å². The third kappa shape index (κ3) is 2.22. The van der Waals surface area contributed by atoms with Gasteiger partial charge in [-0.2, -0.15) is 0 Å². The second-order valence-electron chi connectivity index (χ2n) is 5.14. The summed E-state index contributed by atoms with van der Waals surface area (Å²) in [6.07, 6.45) is 1.88. The highest BCUT2D eigenvalue weighted by molar-refractivity contribution is 5.86. The summed E-state index contributed by atoms with van der Waals surface area (Å²) in [5.74, 6) is 2.40. The molecule has 110 valence electrons. The SMILES string of the molecule is COc1ccc2cnc(-c3ccc4c(c3)OCCO4)cc2c1. The molecule has 4 heteroatoms. The summed E-state index contributed by atoms with van der Waals surface area (Å²) >= 11 is 0. The molecular formula is C18H15NO3. The molecule has 0 N–H and O–H groups in total. The number of nitrogens with zero attached hydrogens (tertiary/aromatic N) is 1. The third-order valence-corrected chi connectivity index (χ3v) is 3.77. The fraction of sp³-hybridized carbons (Fsp3) is 0.167. The van der Waals surface area contributed by atoms with E-state index in [0.29, 0.717) is 13.2 Å². The van der Waals surface area contributed by atoms with Crippen molar-refractivity contribution in [2.75, 3.05) is 20.3 Å². The maximum absolute atomic E-state index is 5.64. The molecule has 0 spiro atoms. The van der Waals surface area contributed by atoms with Crippen molar-refractivity contribution in [1.82, 2.24) is 4.98 Å². The molecule has 0 fully saturated rings. The Bertz CT molecular complexity index is 845. The first-order chi connectivity index (χ1) is 10.8. The lowest BCUT2D eigenvalue weighted by molar-refractivity contribution is 0.171. The van der Waals surface area contributed by atoms with E-state index in [9.17, 15) is 0 Å². The lowest BCUT2D eigenvalue weighted by atomic mass is 10.1. The first-order valence-corrected chi connectivity index (χ1v) is 7.17. The number of hydrogen-bond donors (Lipinski definition) is 0. The Morgan fingerprint density at radius 2 is 1.77 bits per heavy atom. The molecule has 4 rings (SSSR count). The zero-order valence-electron chi connectivity index (χ0n) is 12.2. The Kier molecular flexibility index (Phi) is 3.07. The van der Waals surface area contributed by atoms with Crippen molar-refractivity contribution >= 4 is 10.8 Å². The van der Waals surface area contributed by atoms with Crippen molar-refractivity contribution in [3.05, 3.63) is 48.7 Å². The Hall–Kier alpha value is -2.75. The Morgan fingerprint density at radius 3 is 2.64 bits per heavy atom. The van der Waals surface area contributed by atoms with Crippen LogP contribution >= 0.6 is 0 Å². The van der Waals surface area contributed by atoms with Crippen LogP contribution in [0.2, 0.25) is 0 Å². The summed E-state index contributed by atoms with van der Waals surface area (Å²) in [6, 6.07) is 13.9.